The molecule has 1 unspecified atom stereocenters. The second-order valence-corrected chi connectivity index (χ2v) is 7.76. The minimum absolute atomic E-state index is 0. The molecule has 0 saturated heterocycles. The van der Waals surface area contributed by atoms with Crippen LogP contribution in [-0.2, 0) is 18.3 Å². The first-order valence-electron chi connectivity index (χ1n) is 9.23. The molecule has 1 aromatic rings. The van der Waals surface area contributed by atoms with Crippen LogP contribution in [0.3, 0.4) is 0 Å². The molecule has 0 saturated carbocycles. The molecule has 3 N–H and O–H groups in total. The Bertz CT molecular complexity index is 593. The summed E-state index contributed by atoms with van der Waals surface area (Å²) >= 11 is 0. The van der Waals surface area contributed by atoms with Gasteiger partial charge in [-0.3, -0.25) is 0 Å². The van der Waals surface area contributed by atoms with Crippen molar-refractivity contribution in [1.29, 1.82) is 0 Å². The maximum atomic E-state index is 12.0. The molecule has 1 heterocycles. The van der Waals surface area contributed by atoms with Crippen LogP contribution >= 0.6 is 24.0 Å². The van der Waals surface area contributed by atoms with Gasteiger partial charge in [0.2, 0.25) is 0 Å². The monoisotopic (exact) mass is 493 g/mol. The van der Waals surface area contributed by atoms with E-state index in [4.69, 9.17) is 4.74 Å². The minimum Gasteiger partial charge on any atom is -0.444 e. The average Bonchev–Trinajstić information content (AvgIpc) is 2.92. The van der Waals surface area contributed by atoms with Gasteiger partial charge in [-0.25, -0.2) is 9.79 Å². The van der Waals surface area contributed by atoms with Gasteiger partial charge < -0.3 is 25.3 Å². The highest BCUT2D eigenvalue weighted by molar-refractivity contribution is 14.0. The first-order chi connectivity index (χ1) is 12.1. The van der Waals surface area contributed by atoms with Crippen molar-refractivity contribution in [2.75, 3.05) is 13.1 Å². The number of aliphatic imine (C=N–C) groups is 1. The number of halogens is 1. The number of nitrogens with one attached hydrogen (secondary N) is 3. The number of ether oxygens (including phenoxy) is 1. The molecule has 1 amide bonds. The summed E-state index contributed by atoms with van der Waals surface area (Å²) in [5.74, 6) is 0.986. The van der Waals surface area contributed by atoms with E-state index in [1.807, 2.05) is 57.8 Å². The third kappa shape index (κ3) is 11.1. The predicted molar refractivity (Wildman–Crippen MR) is 122 cm³/mol. The van der Waals surface area contributed by atoms with Crippen LogP contribution in [0.1, 0.15) is 47.1 Å². The van der Waals surface area contributed by atoms with E-state index in [9.17, 15) is 4.79 Å². The Labute approximate surface area is 180 Å². The highest BCUT2D eigenvalue weighted by atomic mass is 127. The summed E-state index contributed by atoms with van der Waals surface area (Å²) in [5, 5.41) is 9.48. The third-order valence-electron chi connectivity index (χ3n) is 3.65. The normalized spacial score (nSPS) is 13.0. The first kappa shape index (κ1) is 25.6. The number of aryl methyl sites for hydroxylation is 1. The fourth-order valence-corrected chi connectivity index (χ4v) is 2.29. The molecule has 0 aliphatic rings. The zero-order chi connectivity index (χ0) is 19.7. The standard InChI is InChI=1S/C19H35N5O2.HI/c1-8-20-17(21-11-15-9-10-24(7)13-15)22-12-16(14(2)3)23-18(25)26-19(4,5)6;/h9-10,13-14,16H,8,11-12H2,1-7H3,(H,23,25)(H2,20,21,22);1H. The summed E-state index contributed by atoms with van der Waals surface area (Å²) in [7, 11) is 1.99. The molecule has 0 aliphatic heterocycles. The number of carbonyl (C=O) groups excluding carboxylic acids is 1. The van der Waals surface area contributed by atoms with Crippen LogP contribution in [0.15, 0.2) is 23.5 Å². The molecule has 1 rings (SSSR count). The van der Waals surface area contributed by atoms with Gasteiger partial charge in [0.25, 0.3) is 0 Å². The number of aromatic nitrogens is 1. The number of amides is 1. The number of rotatable bonds is 7. The zero-order valence-electron chi connectivity index (χ0n) is 17.6. The average molecular weight is 493 g/mol. The molecular weight excluding hydrogens is 457 g/mol. The van der Waals surface area contributed by atoms with E-state index in [1.165, 1.54) is 0 Å². The summed E-state index contributed by atoms with van der Waals surface area (Å²) < 4.78 is 7.36. The molecule has 1 atom stereocenters. The van der Waals surface area contributed by atoms with E-state index in [2.05, 4.69) is 34.8 Å². The Kier molecular flexibility index (Phi) is 11.4. The highest BCUT2D eigenvalue weighted by Gasteiger charge is 2.21. The Morgan fingerprint density at radius 3 is 2.44 bits per heavy atom. The smallest absolute Gasteiger partial charge is 0.407 e. The number of guanidine groups is 1. The zero-order valence-corrected chi connectivity index (χ0v) is 20.0. The van der Waals surface area contributed by atoms with Gasteiger partial charge >= 0.3 is 6.09 Å². The van der Waals surface area contributed by atoms with Gasteiger partial charge in [0.05, 0.1) is 12.6 Å². The Balaban J connectivity index is 0.00000676. The molecule has 156 valence electrons. The summed E-state index contributed by atoms with van der Waals surface area (Å²) in [4.78, 5) is 16.7. The largest absolute Gasteiger partial charge is 0.444 e. The lowest BCUT2D eigenvalue weighted by Gasteiger charge is -2.26. The molecule has 0 radical (unpaired) electrons. The van der Waals surface area contributed by atoms with E-state index in [-0.39, 0.29) is 35.9 Å². The summed E-state index contributed by atoms with van der Waals surface area (Å²) in [6.45, 7) is 13.7. The molecule has 0 spiro atoms. The fraction of sp³-hybridized carbons (Fsp3) is 0.684. The summed E-state index contributed by atoms with van der Waals surface area (Å²) in [6, 6.07) is 1.99. The minimum atomic E-state index is -0.509. The Morgan fingerprint density at radius 1 is 1.30 bits per heavy atom. The lowest BCUT2D eigenvalue weighted by atomic mass is 10.0. The molecule has 7 nitrogen and oxygen atoms in total. The summed E-state index contributed by atoms with van der Waals surface area (Å²) in [6.07, 6.45) is 3.66. The van der Waals surface area contributed by atoms with E-state index >= 15 is 0 Å². The lowest BCUT2D eigenvalue weighted by molar-refractivity contribution is 0.0491. The van der Waals surface area contributed by atoms with Crippen molar-refractivity contribution >= 4 is 36.0 Å². The SMILES string of the molecule is CCNC(=NCc1ccn(C)c1)NCC(NC(=O)OC(C)(C)C)C(C)C.I. The molecule has 27 heavy (non-hydrogen) atoms. The number of carbonyl (C=O) groups is 1. The number of hydrogen-bond acceptors (Lipinski definition) is 3. The van der Waals surface area contributed by atoms with Crippen molar-refractivity contribution in [3.05, 3.63) is 24.0 Å². The third-order valence-corrected chi connectivity index (χ3v) is 3.65. The molecular formula is C19H36IN5O2. The van der Waals surface area contributed by atoms with E-state index in [0.717, 1.165) is 18.1 Å². The Morgan fingerprint density at radius 2 is 1.96 bits per heavy atom. The summed E-state index contributed by atoms with van der Waals surface area (Å²) in [5.41, 5.74) is 0.641. The van der Waals surface area contributed by atoms with Gasteiger partial charge in [0.15, 0.2) is 5.96 Å². The fourth-order valence-electron chi connectivity index (χ4n) is 2.29. The Hall–Kier alpha value is -1.45. The van der Waals surface area contributed by atoms with Crippen LogP contribution < -0.4 is 16.0 Å². The van der Waals surface area contributed by atoms with Gasteiger partial charge in [-0.15, -0.1) is 24.0 Å². The van der Waals surface area contributed by atoms with Crippen LogP contribution in [0.25, 0.3) is 0 Å². The number of nitrogens with zero attached hydrogens (tertiary/aromatic N) is 2. The van der Waals surface area contributed by atoms with Crippen molar-refractivity contribution in [2.24, 2.45) is 18.0 Å². The van der Waals surface area contributed by atoms with Crippen LogP contribution in [-0.4, -0.2) is 41.4 Å². The predicted octanol–water partition coefficient (Wildman–Crippen LogP) is 3.25. The molecule has 0 aliphatic carbocycles. The lowest BCUT2D eigenvalue weighted by Crippen LogP contribution is -2.50. The van der Waals surface area contributed by atoms with Crippen LogP contribution in [0, 0.1) is 5.92 Å². The molecule has 0 aromatic carbocycles. The highest BCUT2D eigenvalue weighted by Crippen LogP contribution is 2.08. The van der Waals surface area contributed by atoms with Crippen LogP contribution in [0.2, 0.25) is 0 Å². The van der Waals surface area contributed by atoms with Crippen molar-refractivity contribution in [3.8, 4) is 0 Å². The van der Waals surface area contributed by atoms with E-state index in [0.29, 0.717) is 13.1 Å². The maximum Gasteiger partial charge on any atom is 0.407 e. The van der Waals surface area contributed by atoms with Crippen LogP contribution in [0.5, 0.6) is 0 Å². The number of alkyl carbamates (subject to hydrolysis) is 1. The number of hydrogen-bond donors (Lipinski definition) is 3. The first-order valence-corrected chi connectivity index (χ1v) is 9.23. The second-order valence-electron chi connectivity index (χ2n) is 7.76. The van der Waals surface area contributed by atoms with E-state index in [1.54, 1.807) is 0 Å². The van der Waals surface area contributed by atoms with Gasteiger partial charge in [-0.1, -0.05) is 13.8 Å². The topological polar surface area (TPSA) is 79.7 Å². The quantitative estimate of drug-likeness (QED) is 0.310. The molecule has 0 bridgehead atoms. The molecule has 1 aromatic heterocycles. The van der Waals surface area contributed by atoms with Gasteiger partial charge in [0.1, 0.15) is 5.60 Å². The van der Waals surface area contributed by atoms with Crippen molar-refractivity contribution < 1.29 is 9.53 Å². The maximum absolute atomic E-state index is 12.0. The second kappa shape index (κ2) is 12.1. The van der Waals surface area contributed by atoms with Gasteiger partial charge in [-0.2, -0.15) is 0 Å². The van der Waals surface area contributed by atoms with Crippen LogP contribution in [0.4, 0.5) is 4.79 Å². The molecule has 8 heteroatoms. The van der Waals surface area contributed by atoms with Crippen molar-refractivity contribution in [3.63, 3.8) is 0 Å². The van der Waals surface area contributed by atoms with Gasteiger partial charge in [-0.05, 0) is 45.2 Å². The van der Waals surface area contributed by atoms with E-state index < -0.39 is 11.7 Å². The van der Waals surface area contributed by atoms with Crippen molar-refractivity contribution in [1.82, 2.24) is 20.5 Å². The van der Waals surface area contributed by atoms with Gasteiger partial charge in [0, 0.05) is 32.5 Å². The van der Waals surface area contributed by atoms with Crippen molar-refractivity contribution in [2.45, 2.75) is 59.7 Å². The molecule has 0 fully saturated rings.